The summed E-state index contributed by atoms with van der Waals surface area (Å²) >= 11 is 0. The van der Waals surface area contributed by atoms with Gasteiger partial charge in [-0.2, -0.15) is 0 Å². The number of amides is 1. The maximum atomic E-state index is 13.0. The number of carbonyl (C=O) groups is 1. The Kier molecular flexibility index (Phi) is 5.48. The van der Waals surface area contributed by atoms with Crippen molar-refractivity contribution in [1.29, 1.82) is 0 Å². The van der Waals surface area contributed by atoms with E-state index in [4.69, 9.17) is 5.11 Å². The molecule has 0 saturated heterocycles. The fraction of sp³-hybridized carbons (Fsp3) is 0.263. The lowest BCUT2D eigenvalue weighted by atomic mass is 10.2. The third kappa shape index (κ3) is 4.00. The molecule has 0 unspecified atom stereocenters. The Bertz CT molecular complexity index is 892. The lowest BCUT2D eigenvalue weighted by Crippen LogP contribution is -2.30. The van der Waals surface area contributed by atoms with E-state index in [2.05, 4.69) is 10.3 Å². The second kappa shape index (κ2) is 7.97. The first-order chi connectivity index (χ1) is 12.6. The van der Waals surface area contributed by atoms with Crippen molar-refractivity contribution in [3.8, 4) is 0 Å². The SMILES string of the molecule is CN(Cc1ccc(F)cc1)C(=O)Cn1c(NCCO)nc2ccccc21. The maximum Gasteiger partial charge on any atom is 0.242 e. The van der Waals surface area contributed by atoms with Crippen molar-refractivity contribution < 1.29 is 14.3 Å². The Labute approximate surface area is 150 Å². The number of rotatable bonds is 7. The Morgan fingerprint density at radius 2 is 1.96 bits per heavy atom. The third-order valence-corrected chi connectivity index (χ3v) is 4.10. The van der Waals surface area contributed by atoms with Gasteiger partial charge < -0.3 is 19.9 Å². The summed E-state index contributed by atoms with van der Waals surface area (Å²) in [5.41, 5.74) is 2.48. The van der Waals surface area contributed by atoms with Crippen LogP contribution in [-0.4, -0.2) is 45.7 Å². The maximum absolute atomic E-state index is 13.0. The van der Waals surface area contributed by atoms with E-state index in [1.54, 1.807) is 28.6 Å². The first-order valence-electron chi connectivity index (χ1n) is 8.37. The zero-order chi connectivity index (χ0) is 18.5. The number of anilines is 1. The molecule has 26 heavy (non-hydrogen) atoms. The highest BCUT2D eigenvalue weighted by Gasteiger charge is 2.16. The van der Waals surface area contributed by atoms with Crippen LogP contribution in [0.2, 0.25) is 0 Å². The van der Waals surface area contributed by atoms with Crippen LogP contribution in [0, 0.1) is 5.82 Å². The summed E-state index contributed by atoms with van der Waals surface area (Å²) < 4.78 is 14.8. The van der Waals surface area contributed by atoms with Crippen LogP contribution in [0.1, 0.15) is 5.56 Å². The lowest BCUT2D eigenvalue weighted by Gasteiger charge is -2.19. The number of imidazole rings is 1. The van der Waals surface area contributed by atoms with Crippen LogP contribution in [0.15, 0.2) is 48.5 Å². The Balaban J connectivity index is 1.78. The number of likely N-dealkylation sites (N-methyl/N-ethyl adjacent to an activating group) is 1. The summed E-state index contributed by atoms with van der Waals surface area (Å²) in [4.78, 5) is 18.8. The summed E-state index contributed by atoms with van der Waals surface area (Å²) in [5.74, 6) is 0.153. The van der Waals surface area contributed by atoms with Crippen molar-refractivity contribution in [2.45, 2.75) is 13.1 Å². The third-order valence-electron chi connectivity index (χ3n) is 4.10. The van der Waals surface area contributed by atoms with Crippen LogP contribution in [-0.2, 0) is 17.9 Å². The van der Waals surface area contributed by atoms with Gasteiger partial charge in [-0.3, -0.25) is 4.79 Å². The molecule has 0 spiro atoms. The molecule has 0 aliphatic heterocycles. The van der Waals surface area contributed by atoms with Crippen LogP contribution in [0.3, 0.4) is 0 Å². The van der Waals surface area contributed by atoms with E-state index >= 15 is 0 Å². The summed E-state index contributed by atoms with van der Waals surface area (Å²) in [6.45, 7) is 0.835. The number of hydrogen-bond acceptors (Lipinski definition) is 4. The predicted molar refractivity (Wildman–Crippen MR) is 98.2 cm³/mol. The molecular weight excluding hydrogens is 335 g/mol. The normalized spacial score (nSPS) is 10.9. The highest BCUT2D eigenvalue weighted by atomic mass is 19.1. The quantitative estimate of drug-likeness (QED) is 0.681. The minimum atomic E-state index is -0.299. The van der Waals surface area contributed by atoms with Crippen LogP contribution < -0.4 is 5.32 Å². The molecule has 1 aromatic heterocycles. The van der Waals surface area contributed by atoms with E-state index in [1.807, 2.05) is 24.3 Å². The molecule has 1 amide bonds. The monoisotopic (exact) mass is 356 g/mol. The van der Waals surface area contributed by atoms with Crippen LogP contribution >= 0.6 is 0 Å². The van der Waals surface area contributed by atoms with Gasteiger partial charge >= 0.3 is 0 Å². The van der Waals surface area contributed by atoms with E-state index in [9.17, 15) is 9.18 Å². The van der Waals surface area contributed by atoms with Crippen LogP contribution in [0.25, 0.3) is 11.0 Å². The number of carbonyl (C=O) groups excluding carboxylic acids is 1. The number of halogens is 1. The molecule has 6 nitrogen and oxygen atoms in total. The van der Waals surface area contributed by atoms with Gasteiger partial charge in [0.15, 0.2) is 0 Å². The molecule has 2 N–H and O–H groups in total. The Morgan fingerprint density at radius 1 is 1.23 bits per heavy atom. The number of para-hydroxylation sites is 2. The standard InChI is InChI=1S/C19H21FN4O2/c1-23(12-14-6-8-15(20)9-7-14)18(26)13-24-17-5-3-2-4-16(17)22-19(24)21-10-11-25/h2-9,25H,10-13H2,1H3,(H,21,22). The number of hydrogen-bond donors (Lipinski definition) is 2. The molecule has 2 aromatic carbocycles. The molecule has 0 aliphatic rings. The van der Waals surface area contributed by atoms with Gasteiger partial charge in [-0.25, -0.2) is 9.37 Å². The highest BCUT2D eigenvalue weighted by Crippen LogP contribution is 2.20. The number of fused-ring (bicyclic) bond motifs is 1. The average Bonchev–Trinajstić information content (AvgIpc) is 2.99. The number of aliphatic hydroxyl groups excluding tert-OH is 1. The molecule has 0 aliphatic carbocycles. The smallest absolute Gasteiger partial charge is 0.242 e. The summed E-state index contributed by atoms with van der Waals surface area (Å²) in [6.07, 6.45) is 0. The number of nitrogens with zero attached hydrogens (tertiary/aromatic N) is 3. The number of benzene rings is 2. The van der Waals surface area contributed by atoms with E-state index < -0.39 is 0 Å². The van der Waals surface area contributed by atoms with Crippen molar-refractivity contribution in [2.24, 2.45) is 0 Å². The second-order valence-electron chi connectivity index (χ2n) is 6.04. The van der Waals surface area contributed by atoms with Gasteiger partial charge in [-0.1, -0.05) is 24.3 Å². The lowest BCUT2D eigenvalue weighted by molar-refractivity contribution is -0.130. The van der Waals surface area contributed by atoms with Gasteiger partial charge in [-0.15, -0.1) is 0 Å². The Hall–Kier alpha value is -2.93. The first-order valence-corrected chi connectivity index (χ1v) is 8.37. The number of aromatic nitrogens is 2. The fourth-order valence-electron chi connectivity index (χ4n) is 2.75. The van der Waals surface area contributed by atoms with Crippen LogP contribution in [0.5, 0.6) is 0 Å². The highest BCUT2D eigenvalue weighted by molar-refractivity contribution is 5.83. The van der Waals surface area contributed by atoms with Crippen molar-refractivity contribution >= 4 is 22.9 Å². The molecule has 0 fully saturated rings. The second-order valence-corrected chi connectivity index (χ2v) is 6.04. The number of nitrogens with one attached hydrogen (secondary N) is 1. The zero-order valence-corrected chi connectivity index (χ0v) is 14.5. The van der Waals surface area contributed by atoms with Gasteiger partial charge in [-0.05, 0) is 29.8 Å². The van der Waals surface area contributed by atoms with Gasteiger partial charge in [0.05, 0.1) is 17.6 Å². The molecule has 3 rings (SSSR count). The molecule has 0 radical (unpaired) electrons. The molecule has 0 atom stereocenters. The summed E-state index contributed by atoms with van der Waals surface area (Å²) in [5, 5.41) is 12.1. The fourth-order valence-corrected chi connectivity index (χ4v) is 2.75. The number of aliphatic hydroxyl groups is 1. The molecule has 136 valence electrons. The van der Waals surface area contributed by atoms with Crippen molar-refractivity contribution in [3.63, 3.8) is 0 Å². The minimum Gasteiger partial charge on any atom is -0.395 e. The molecule has 0 saturated carbocycles. The van der Waals surface area contributed by atoms with Crippen molar-refractivity contribution in [3.05, 3.63) is 59.9 Å². The summed E-state index contributed by atoms with van der Waals surface area (Å²) in [6, 6.07) is 13.7. The topological polar surface area (TPSA) is 70.4 Å². The molecular formula is C19H21FN4O2. The van der Waals surface area contributed by atoms with Crippen molar-refractivity contribution in [1.82, 2.24) is 14.5 Å². The van der Waals surface area contributed by atoms with E-state index in [0.29, 0.717) is 19.0 Å². The van der Waals surface area contributed by atoms with E-state index in [-0.39, 0.29) is 24.9 Å². The largest absolute Gasteiger partial charge is 0.395 e. The predicted octanol–water partition coefficient (Wildman–Crippen LogP) is 2.24. The van der Waals surface area contributed by atoms with Crippen LogP contribution in [0.4, 0.5) is 10.3 Å². The Morgan fingerprint density at radius 3 is 2.69 bits per heavy atom. The van der Waals surface area contributed by atoms with E-state index in [1.165, 1.54) is 12.1 Å². The minimum absolute atomic E-state index is 0.0262. The van der Waals surface area contributed by atoms with Crippen molar-refractivity contribution in [2.75, 3.05) is 25.5 Å². The first kappa shape index (κ1) is 17.9. The summed E-state index contributed by atoms with van der Waals surface area (Å²) in [7, 11) is 1.71. The molecule has 3 aromatic rings. The molecule has 7 heteroatoms. The van der Waals surface area contributed by atoms with Gasteiger partial charge in [0.1, 0.15) is 12.4 Å². The van der Waals surface area contributed by atoms with E-state index in [0.717, 1.165) is 16.6 Å². The zero-order valence-electron chi connectivity index (χ0n) is 14.5. The van der Waals surface area contributed by atoms with Gasteiger partial charge in [0, 0.05) is 20.1 Å². The molecule has 1 heterocycles. The van der Waals surface area contributed by atoms with Gasteiger partial charge in [0.2, 0.25) is 11.9 Å². The van der Waals surface area contributed by atoms with Gasteiger partial charge in [0.25, 0.3) is 0 Å². The average molecular weight is 356 g/mol. The molecule has 0 bridgehead atoms.